The van der Waals surface area contributed by atoms with E-state index in [1.54, 1.807) is 12.1 Å². The van der Waals surface area contributed by atoms with Crippen molar-refractivity contribution in [2.24, 2.45) is 7.05 Å². The molecule has 0 aliphatic rings. The van der Waals surface area contributed by atoms with Crippen molar-refractivity contribution >= 4 is 34.8 Å². The highest BCUT2D eigenvalue weighted by Crippen LogP contribution is 2.30. The van der Waals surface area contributed by atoms with Gasteiger partial charge in [0, 0.05) is 18.1 Å². The third-order valence-electron chi connectivity index (χ3n) is 3.81. The number of halogens is 1. The predicted molar refractivity (Wildman–Crippen MR) is 104 cm³/mol. The van der Waals surface area contributed by atoms with Crippen LogP contribution in [0.5, 0.6) is 5.75 Å². The van der Waals surface area contributed by atoms with Crippen molar-refractivity contribution in [2.75, 3.05) is 0 Å². The van der Waals surface area contributed by atoms with Gasteiger partial charge in [0.15, 0.2) is 5.75 Å². The van der Waals surface area contributed by atoms with Crippen LogP contribution in [0.2, 0.25) is 5.02 Å². The number of aromatic nitrogens is 2. The number of nitrogens with zero attached hydrogens (tertiary/aromatic N) is 4. The fourth-order valence-electron chi connectivity index (χ4n) is 2.49. The maximum Gasteiger partial charge on any atom is 0.318 e. The molecule has 0 aliphatic heterocycles. The van der Waals surface area contributed by atoms with Gasteiger partial charge in [-0.05, 0) is 36.4 Å². The Balaban J connectivity index is 1.68. The zero-order valence-corrected chi connectivity index (χ0v) is 16.1. The van der Waals surface area contributed by atoms with Crippen LogP contribution in [-0.2, 0) is 13.7 Å². The second-order valence-corrected chi connectivity index (χ2v) is 6.39. The molecule has 12 heteroatoms. The fourth-order valence-corrected chi connectivity index (χ4v) is 2.65. The van der Waals surface area contributed by atoms with E-state index in [0.717, 1.165) is 12.3 Å². The van der Waals surface area contributed by atoms with Crippen molar-refractivity contribution in [2.45, 2.75) is 6.61 Å². The molecule has 0 saturated heterocycles. The summed E-state index contributed by atoms with van der Waals surface area (Å²) in [6.45, 7) is -0.101. The summed E-state index contributed by atoms with van der Waals surface area (Å²) in [6, 6.07) is 7.13. The Morgan fingerprint density at radius 3 is 2.67 bits per heavy atom. The fraction of sp³-hybridized carbons (Fsp3) is 0.111. The van der Waals surface area contributed by atoms with Gasteiger partial charge in [-0.25, -0.2) is 0 Å². The molecular weight excluding hydrogens is 420 g/mol. The summed E-state index contributed by atoms with van der Waals surface area (Å²) in [5.74, 6) is -0.00914. The third kappa shape index (κ3) is 4.70. The number of allylic oxidation sites excluding steroid dienone is 1. The van der Waals surface area contributed by atoms with E-state index < -0.39 is 21.3 Å². The molecule has 154 valence electrons. The van der Waals surface area contributed by atoms with Crippen LogP contribution in [0, 0.1) is 20.2 Å². The van der Waals surface area contributed by atoms with Crippen LogP contribution in [0.1, 0.15) is 22.0 Å². The number of aryl methyl sites for hydroxylation is 1. The van der Waals surface area contributed by atoms with E-state index in [2.05, 4.69) is 5.10 Å². The van der Waals surface area contributed by atoms with Crippen molar-refractivity contribution < 1.29 is 23.8 Å². The van der Waals surface area contributed by atoms with E-state index in [-0.39, 0.29) is 34.5 Å². The average Bonchev–Trinajstić information content (AvgIpc) is 3.31. The van der Waals surface area contributed by atoms with Gasteiger partial charge in [0.2, 0.25) is 11.5 Å². The van der Waals surface area contributed by atoms with E-state index in [4.69, 9.17) is 20.8 Å². The number of nitro benzene ring substituents is 1. The number of benzene rings is 1. The molecule has 30 heavy (non-hydrogen) atoms. The number of ether oxygens (including phenoxy) is 1. The summed E-state index contributed by atoms with van der Waals surface area (Å²) in [6.07, 6.45) is 3.57. The van der Waals surface area contributed by atoms with E-state index in [1.165, 1.54) is 36.0 Å². The Bertz CT molecular complexity index is 1170. The van der Waals surface area contributed by atoms with Gasteiger partial charge < -0.3 is 9.15 Å². The SMILES string of the molecule is Cn1cc([N+](=O)[O-])c(C(=O)/C=C/c2ccc(COc3ccc(Cl)cc3[N+](=O)[O-])o2)n1. The molecule has 0 radical (unpaired) electrons. The number of hydrogen-bond donors (Lipinski definition) is 0. The van der Waals surface area contributed by atoms with Gasteiger partial charge in [-0.2, -0.15) is 5.10 Å². The number of furan rings is 1. The Labute approximate surface area is 173 Å². The average molecular weight is 433 g/mol. The lowest BCUT2D eigenvalue weighted by Crippen LogP contribution is -2.01. The molecule has 0 spiro atoms. The van der Waals surface area contributed by atoms with Crippen LogP contribution in [-0.4, -0.2) is 25.4 Å². The number of hydrogen-bond acceptors (Lipinski definition) is 8. The molecule has 0 fully saturated rings. The number of nitro groups is 2. The smallest absolute Gasteiger partial charge is 0.318 e. The van der Waals surface area contributed by atoms with E-state index >= 15 is 0 Å². The van der Waals surface area contributed by atoms with E-state index in [0.29, 0.717) is 5.76 Å². The predicted octanol–water partition coefficient (Wildman–Crippen LogP) is 3.96. The molecule has 3 rings (SSSR count). The first-order valence-corrected chi connectivity index (χ1v) is 8.68. The van der Waals surface area contributed by atoms with Crippen LogP contribution in [0.4, 0.5) is 11.4 Å². The van der Waals surface area contributed by atoms with Crippen molar-refractivity contribution in [1.29, 1.82) is 0 Å². The highest BCUT2D eigenvalue weighted by molar-refractivity contribution is 6.30. The largest absolute Gasteiger partial charge is 0.479 e. The summed E-state index contributed by atoms with van der Waals surface area (Å²) in [7, 11) is 1.47. The number of rotatable bonds is 8. The standard InChI is InChI=1S/C18H13ClN4O7/c1-21-9-15(23(27)28)18(20-21)16(24)6-5-12-3-4-13(30-12)10-29-17-7-2-11(19)8-14(17)22(25)26/h2-9H,10H2,1H3/b6-5+. The zero-order chi connectivity index (χ0) is 21.8. The molecule has 0 atom stereocenters. The summed E-state index contributed by atoms with van der Waals surface area (Å²) in [5.41, 5.74) is -0.967. The van der Waals surface area contributed by atoms with Gasteiger partial charge in [-0.3, -0.25) is 29.7 Å². The summed E-state index contributed by atoms with van der Waals surface area (Å²) >= 11 is 5.76. The van der Waals surface area contributed by atoms with Gasteiger partial charge in [-0.1, -0.05) is 11.6 Å². The summed E-state index contributed by atoms with van der Waals surface area (Å²) < 4.78 is 12.1. The summed E-state index contributed by atoms with van der Waals surface area (Å²) in [5, 5.41) is 26.1. The molecule has 2 heterocycles. The van der Waals surface area contributed by atoms with Gasteiger partial charge in [0.25, 0.3) is 0 Å². The first kappa shape index (κ1) is 20.7. The first-order chi connectivity index (χ1) is 14.2. The normalized spacial score (nSPS) is 11.0. The molecule has 11 nitrogen and oxygen atoms in total. The minimum absolute atomic E-state index is 0.0236. The van der Waals surface area contributed by atoms with Gasteiger partial charge >= 0.3 is 11.4 Å². The Morgan fingerprint density at radius 2 is 1.97 bits per heavy atom. The second kappa shape index (κ2) is 8.57. The van der Waals surface area contributed by atoms with Gasteiger partial charge in [0.1, 0.15) is 24.3 Å². The zero-order valence-electron chi connectivity index (χ0n) is 15.4. The molecule has 0 saturated carbocycles. The van der Waals surface area contributed by atoms with Crippen LogP contribution in [0.3, 0.4) is 0 Å². The Kier molecular flexibility index (Phi) is 5.93. The number of ketones is 1. The first-order valence-electron chi connectivity index (χ1n) is 8.30. The number of carbonyl (C=O) groups is 1. The Morgan fingerprint density at radius 1 is 1.23 bits per heavy atom. The van der Waals surface area contributed by atoms with Gasteiger partial charge in [-0.15, -0.1) is 0 Å². The summed E-state index contributed by atoms with van der Waals surface area (Å²) in [4.78, 5) is 33.0. The lowest BCUT2D eigenvalue weighted by molar-refractivity contribution is -0.386. The molecule has 2 aromatic heterocycles. The third-order valence-corrected chi connectivity index (χ3v) is 4.04. The minimum atomic E-state index is -0.688. The lowest BCUT2D eigenvalue weighted by atomic mass is 10.2. The van der Waals surface area contributed by atoms with E-state index in [9.17, 15) is 25.0 Å². The van der Waals surface area contributed by atoms with Crippen molar-refractivity contribution in [3.8, 4) is 5.75 Å². The Hall–Kier alpha value is -3.99. The maximum absolute atomic E-state index is 12.2. The van der Waals surface area contributed by atoms with E-state index in [1.807, 2.05) is 0 Å². The molecular formula is C18H13ClN4O7. The topological polar surface area (TPSA) is 144 Å². The highest BCUT2D eigenvalue weighted by atomic mass is 35.5. The maximum atomic E-state index is 12.2. The minimum Gasteiger partial charge on any atom is -0.479 e. The van der Waals surface area contributed by atoms with Crippen LogP contribution in [0.15, 0.2) is 47.0 Å². The molecule has 0 amide bonds. The van der Waals surface area contributed by atoms with Crippen LogP contribution >= 0.6 is 11.6 Å². The molecule has 0 bridgehead atoms. The molecule has 1 aromatic carbocycles. The molecule has 0 aliphatic carbocycles. The monoisotopic (exact) mass is 432 g/mol. The van der Waals surface area contributed by atoms with Crippen LogP contribution in [0.25, 0.3) is 6.08 Å². The second-order valence-electron chi connectivity index (χ2n) is 5.95. The lowest BCUT2D eigenvalue weighted by Gasteiger charge is -2.05. The number of carbonyl (C=O) groups excluding carboxylic acids is 1. The quantitative estimate of drug-likeness (QED) is 0.225. The molecule has 0 N–H and O–H groups in total. The van der Waals surface area contributed by atoms with Crippen molar-refractivity contribution in [3.05, 3.63) is 85.1 Å². The molecule has 3 aromatic rings. The van der Waals surface area contributed by atoms with Crippen molar-refractivity contribution in [3.63, 3.8) is 0 Å². The van der Waals surface area contributed by atoms with Crippen LogP contribution < -0.4 is 4.74 Å². The highest BCUT2D eigenvalue weighted by Gasteiger charge is 2.23. The van der Waals surface area contributed by atoms with Gasteiger partial charge in [0.05, 0.1) is 9.85 Å². The van der Waals surface area contributed by atoms with Crippen molar-refractivity contribution in [1.82, 2.24) is 9.78 Å². The molecule has 0 unspecified atom stereocenters.